The van der Waals surface area contributed by atoms with Crippen molar-refractivity contribution in [2.45, 2.75) is 46.1 Å². The van der Waals surface area contributed by atoms with Gasteiger partial charge in [0.05, 0.1) is 16.6 Å². The summed E-state index contributed by atoms with van der Waals surface area (Å²) < 4.78 is 1.27. The number of carbonyl (C=O) groups excluding carboxylic acids is 2. The molecular formula is C23H25ClN4O3S. The topological polar surface area (TPSA) is 84.3 Å². The van der Waals surface area contributed by atoms with E-state index in [-0.39, 0.29) is 23.9 Å². The summed E-state index contributed by atoms with van der Waals surface area (Å²) in [5.41, 5.74) is 1.78. The van der Waals surface area contributed by atoms with Crippen LogP contribution in [0.5, 0.6) is 0 Å². The number of aryl methyl sites for hydroxylation is 2. The normalized spacial score (nSPS) is 14.4. The average Bonchev–Trinajstić information content (AvgIpc) is 2.92. The maximum Gasteiger partial charge on any atom is 0.264 e. The van der Waals surface area contributed by atoms with Crippen LogP contribution in [0.4, 0.5) is 5.69 Å². The minimum absolute atomic E-state index is 0.0349. The summed E-state index contributed by atoms with van der Waals surface area (Å²) in [5.74, 6) is -0.394. The molecule has 0 aliphatic carbocycles. The fourth-order valence-corrected chi connectivity index (χ4v) is 5.21. The van der Waals surface area contributed by atoms with Crippen LogP contribution in [0.3, 0.4) is 0 Å². The molecule has 9 heteroatoms. The molecule has 0 bridgehead atoms. The zero-order valence-electron chi connectivity index (χ0n) is 18.1. The van der Waals surface area contributed by atoms with Crippen LogP contribution in [0.25, 0.3) is 10.2 Å². The Kier molecular flexibility index (Phi) is 6.62. The number of nitrogens with zero attached hydrogens (tertiary/aromatic N) is 3. The summed E-state index contributed by atoms with van der Waals surface area (Å²) in [4.78, 5) is 46.0. The molecule has 7 nitrogen and oxygen atoms in total. The first-order chi connectivity index (χ1) is 15.3. The van der Waals surface area contributed by atoms with Gasteiger partial charge < -0.3 is 10.2 Å². The zero-order chi connectivity index (χ0) is 22.8. The number of fused-ring (bicyclic) bond motifs is 1. The maximum atomic E-state index is 13.1. The van der Waals surface area contributed by atoms with Gasteiger partial charge >= 0.3 is 0 Å². The standard InChI is InChI=1S/C23H25ClN4O3S/c1-14-7-8-16(11-17(14)24)26-18(29)12-28-13-25-21-19(22(28)30)15(2)20(32-21)23(31)27-9-5-3-4-6-10-27/h7-8,11,13H,3-6,9-10,12H2,1-2H3,(H,26,29). The van der Waals surface area contributed by atoms with Gasteiger partial charge in [0, 0.05) is 23.8 Å². The third-order valence-electron chi connectivity index (χ3n) is 5.77. The van der Waals surface area contributed by atoms with Crippen LogP contribution in [0.15, 0.2) is 29.3 Å². The van der Waals surface area contributed by atoms with Gasteiger partial charge in [-0.1, -0.05) is 30.5 Å². The van der Waals surface area contributed by atoms with Gasteiger partial charge in [-0.15, -0.1) is 11.3 Å². The molecule has 0 saturated carbocycles. The molecule has 1 aliphatic heterocycles. The smallest absolute Gasteiger partial charge is 0.264 e. The molecule has 4 rings (SSSR count). The first-order valence-electron chi connectivity index (χ1n) is 10.7. The lowest BCUT2D eigenvalue weighted by Crippen LogP contribution is -2.31. The SMILES string of the molecule is Cc1ccc(NC(=O)Cn2cnc3sc(C(=O)N4CCCCCC4)c(C)c3c2=O)cc1Cl. The minimum atomic E-state index is -0.359. The van der Waals surface area contributed by atoms with Crippen molar-refractivity contribution in [1.29, 1.82) is 0 Å². The maximum absolute atomic E-state index is 13.1. The Bertz CT molecular complexity index is 1240. The molecule has 2 aromatic heterocycles. The van der Waals surface area contributed by atoms with Gasteiger partial charge in [-0.2, -0.15) is 0 Å². The van der Waals surface area contributed by atoms with Crippen LogP contribution < -0.4 is 10.9 Å². The highest BCUT2D eigenvalue weighted by Crippen LogP contribution is 2.29. The number of likely N-dealkylation sites (tertiary alicyclic amines) is 1. The summed E-state index contributed by atoms with van der Waals surface area (Å²) in [6, 6.07) is 5.24. The number of benzene rings is 1. The Morgan fingerprint density at radius 2 is 1.88 bits per heavy atom. The van der Waals surface area contributed by atoms with E-state index in [9.17, 15) is 14.4 Å². The molecule has 0 atom stereocenters. The van der Waals surface area contributed by atoms with E-state index in [1.807, 2.05) is 17.9 Å². The molecule has 1 saturated heterocycles. The first-order valence-corrected chi connectivity index (χ1v) is 11.9. The number of anilines is 1. The lowest BCUT2D eigenvalue weighted by atomic mass is 10.2. The Morgan fingerprint density at radius 3 is 2.56 bits per heavy atom. The molecule has 168 valence electrons. The van der Waals surface area contributed by atoms with Crippen LogP contribution in [0.2, 0.25) is 5.02 Å². The molecule has 3 aromatic rings. The molecular weight excluding hydrogens is 448 g/mol. The molecule has 0 spiro atoms. The summed E-state index contributed by atoms with van der Waals surface area (Å²) >= 11 is 7.36. The lowest BCUT2D eigenvalue weighted by molar-refractivity contribution is -0.116. The molecule has 1 aliphatic rings. The summed E-state index contributed by atoms with van der Waals surface area (Å²) in [7, 11) is 0. The predicted octanol–water partition coefficient (Wildman–Crippen LogP) is 4.38. The Balaban J connectivity index is 1.57. The van der Waals surface area contributed by atoms with E-state index in [4.69, 9.17) is 11.6 Å². The van der Waals surface area contributed by atoms with E-state index in [0.29, 0.717) is 31.4 Å². The van der Waals surface area contributed by atoms with Crippen LogP contribution in [0, 0.1) is 13.8 Å². The molecule has 1 aromatic carbocycles. The number of aromatic nitrogens is 2. The highest BCUT2D eigenvalue weighted by molar-refractivity contribution is 7.20. The first kappa shape index (κ1) is 22.5. The van der Waals surface area contributed by atoms with Gasteiger partial charge in [0.15, 0.2) is 0 Å². The second kappa shape index (κ2) is 9.42. The van der Waals surface area contributed by atoms with Gasteiger partial charge in [0.1, 0.15) is 11.4 Å². The van der Waals surface area contributed by atoms with Crippen molar-refractivity contribution in [1.82, 2.24) is 14.5 Å². The van der Waals surface area contributed by atoms with Crippen molar-refractivity contribution in [3.05, 3.63) is 55.9 Å². The monoisotopic (exact) mass is 472 g/mol. The van der Waals surface area contributed by atoms with Gasteiger partial charge in [-0.25, -0.2) is 4.98 Å². The van der Waals surface area contributed by atoms with E-state index in [1.54, 1.807) is 19.1 Å². The Hall–Kier alpha value is -2.71. The van der Waals surface area contributed by atoms with Crippen molar-refractivity contribution >= 4 is 50.7 Å². The largest absolute Gasteiger partial charge is 0.338 e. The zero-order valence-corrected chi connectivity index (χ0v) is 19.7. The highest BCUT2D eigenvalue weighted by Gasteiger charge is 2.24. The molecule has 1 N–H and O–H groups in total. The summed E-state index contributed by atoms with van der Waals surface area (Å²) in [6.07, 6.45) is 5.64. The van der Waals surface area contributed by atoms with Gasteiger partial charge in [0.2, 0.25) is 5.91 Å². The Morgan fingerprint density at radius 1 is 1.16 bits per heavy atom. The number of amides is 2. The molecule has 0 unspecified atom stereocenters. The van der Waals surface area contributed by atoms with Crippen molar-refractivity contribution in [2.75, 3.05) is 18.4 Å². The van der Waals surface area contributed by atoms with Gasteiger partial charge in [-0.3, -0.25) is 19.0 Å². The van der Waals surface area contributed by atoms with E-state index in [1.165, 1.54) is 22.2 Å². The van der Waals surface area contributed by atoms with Crippen LogP contribution in [-0.2, 0) is 11.3 Å². The number of rotatable bonds is 4. The molecule has 32 heavy (non-hydrogen) atoms. The van der Waals surface area contributed by atoms with Crippen molar-refractivity contribution in [3.63, 3.8) is 0 Å². The number of thiophene rings is 1. The van der Waals surface area contributed by atoms with E-state index in [0.717, 1.165) is 44.3 Å². The number of nitrogens with one attached hydrogen (secondary N) is 1. The van der Waals surface area contributed by atoms with Crippen LogP contribution >= 0.6 is 22.9 Å². The number of hydrogen-bond donors (Lipinski definition) is 1. The van der Waals surface area contributed by atoms with Crippen molar-refractivity contribution < 1.29 is 9.59 Å². The number of hydrogen-bond acceptors (Lipinski definition) is 5. The van der Waals surface area contributed by atoms with Crippen molar-refractivity contribution in [2.24, 2.45) is 0 Å². The average molecular weight is 473 g/mol. The molecule has 1 fully saturated rings. The fraction of sp³-hybridized carbons (Fsp3) is 0.391. The molecule has 3 heterocycles. The molecule has 2 amide bonds. The van der Waals surface area contributed by atoms with Gasteiger partial charge in [-0.05, 0) is 49.9 Å². The van der Waals surface area contributed by atoms with Crippen molar-refractivity contribution in [3.8, 4) is 0 Å². The quantitative estimate of drug-likeness (QED) is 0.610. The fourth-order valence-electron chi connectivity index (χ4n) is 3.92. The minimum Gasteiger partial charge on any atom is -0.338 e. The second-order valence-corrected chi connectivity index (χ2v) is 9.54. The second-order valence-electron chi connectivity index (χ2n) is 8.13. The highest BCUT2D eigenvalue weighted by atomic mass is 35.5. The molecule has 0 radical (unpaired) electrons. The summed E-state index contributed by atoms with van der Waals surface area (Å²) in [6.45, 7) is 4.97. The van der Waals surface area contributed by atoms with Crippen LogP contribution in [-0.4, -0.2) is 39.4 Å². The summed E-state index contributed by atoms with van der Waals surface area (Å²) in [5, 5.41) is 3.71. The van der Waals surface area contributed by atoms with E-state index >= 15 is 0 Å². The van der Waals surface area contributed by atoms with Gasteiger partial charge in [0.25, 0.3) is 11.5 Å². The van der Waals surface area contributed by atoms with E-state index in [2.05, 4.69) is 10.3 Å². The third kappa shape index (κ3) is 4.56. The predicted molar refractivity (Wildman–Crippen MR) is 128 cm³/mol. The third-order valence-corrected chi connectivity index (χ3v) is 7.37. The van der Waals surface area contributed by atoms with E-state index < -0.39 is 0 Å². The van der Waals surface area contributed by atoms with Crippen LogP contribution in [0.1, 0.15) is 46.5 Å². The number of carbonyl (C=O) groups is 2. The Labute approximate surface area is 195 Å². The lowest BCUT2D eigenvalue weighted by Gasteiger charge is -2.19. The number of halogens is 1.